The van der Waals surface area contributed by atoms with Gasteiger partial charge in [0.15, 0.2) is 11.5 Å². The van der Waals surface area contributed by atoms with Crippen LogP contribution < -0.4 is 15.5 Å². The van der Waals surface area contributed by atoms with Crippen molar-refractivity contribution in [2.24, 2.45) is 5.10 Å². The Morgan fingerprint density at radius 2 is 1.88 bits per heavy atom. The molecule has 1 heterocycles. The third-order valence-corrected chi connectivity index (χ3v) is 5.01. The molecule has 0 aliphatic heterocycles. The number of imide groups is 1. The van der Waals surface area contributed by atoms with Crippen molar-refractivity contribution in [3.63, 3.8) is 0 Å². The third-order valence-electron chi connectivity index (χ3n) is 4.45. The first kappa shape index (κ1) is 26.6. The lowest BCUT2D eigenvalue weighted by Gasteiger charge is -2.15. The number of nitrogens with one attached hydrogen (secondary N) is 2. The molecule has 34 heavy (non-hydrogen) atoms. The van der Waals surface area contributed by atoms with Crippen LogP contribution in [0.3, 0.4) is 0 Å². The van der Waals surface area contributed by atoms with E-state index in [1.54, 1.807) is 13.0 Å². The van der Waals surface area contributed by atoms with E-state index >= 15 is 0 Å². The van der Waals surface area contributed by atoms with Gasteiger partial charge in [-0.15, -0.1) is 0 Å². The van der Waals surface area contributed by atoms with Gasteiger partial charge < -0.3 is 14.6 Å². The average Bonchev–Trinajstić information content (AvgIpc) is 2.79. The zero-order valence-corrected chi connectivity index (χ0v) is 20.1. The third kappa shape index (κ3) is 6.94. The molecule has 0 atom stereocenters. The summed E-state index contributed by atoms with van der Waals surface area (Å²) in [6.07, 6.45) is 1.77. The van der Waals surface area contributed by atoms with Gasteiger partial charge in [0.1, 0.15) is 6.07 Å². The lowest BCUT2D eigenvalue weighted by Crippen LogP contribution is -2.36. The van der Waals surface area contributed by atoms with Crippen LogP contribution in [0, 0.1) is 11.3 Å². The number of benzene rings is 1. The average molecular weight is 509 g/mol. The summed E-state index contributed by atoms with van der Waals surface area (Å²) in [5, 5.41) is 24.8. The molecular formula is C21H22Cl2N6O5. The van der Waals surface area contributed by atoms with Crippen LogP contribution in [0.2, 0.25) is 10.0 Å². The first-order valence-corrected chi connectivity index (χ1v) is 10.9. The number of aromatic hydroxyl groups is 1. The van der Waals surface area contributed by atoms with E-state index in [4.69, 9.17) is 33.2 Å². The number of halogens is 2. The fourth-order valence-corrected chi connectivity index (χ4v) is 3.34. The van der Waals surface area contributed by atoms with Gasteiger partial charge >= 0.3 is 12.1 Å². The second-order valence-corrected chi connectivity index (χ2v) is 7.48. The Morgan fingerprint density at radius 3 is 2.44 bits per heavy atom. The lowest BCUT2D eigenvalue weighted by molar-refractivity contribution is -0.114. The van der Waals surface area contributed by atoms with E-state index in [1.807, 2.05) is 19.2 Å². The summed E-state index contributed by atoms with van der Waals surface area (Å²) in [4.78, 5) is 31.5. The molecule has 13 heteroatoms. The number of ether oxygens (including phenoxy) is 2. The van der Waals surface area contributed by atoms with Crippen molar-refractivity contribution >= 4 is 46.6 Å². The lowest BCUT2D eigenvalue weighted by atomic mass is 9.99. The molecule has 0 aliphatic carbocycles. The maximum atomic E-state index is 11.9. The van der Waals surface area contributed by atoms with E-state index in [-0.39, 0.29) is 45.8 Å². The maximum Gasteiger partial charge on any atom is 0.414 e. The zero-order chi connectivity index (χ0) is 25.3. The monoisotopic (exact) mass is 508 g/mol. The molecule has 2 amide bonds. The number of carbonyl (C=O) groups is 2. The zero-order valence-electron chi connectivity index (χ0n) is 18.6. The van der Waals surface area contributed by atoms with Gasteiger partial charge in [-0.3, -0.25) is 15.5 Å². The Hall–Kier alpha value is -3.62. The number of hydrazone groups is 1. The Bertz CT molecular complexity index is 1110. The molecule has 0 aliphatic rings. The molecule has 0 saturated heterocycles. The largest absolute Gasteiger partial charge is 0.504 e. The molecule has 1 aromatic carbocycles. The standard InChI is InChI=1S/C21H22Cl2N6O5/c1-4-11(5-2)17-16(30)10-25-20(26-17)34-18-13(22)7-12(8-14(18)23)28-29-15(9-24)19(31)27-21(32)33-6-3/h7-8,10-11,28,30H,4-6H2,1-3H3,(H,27,31,32)/b29-15+. The summed E-state index contributed by atoms with van der Waals surface area (Å²) in [5.41, 5.74) is 2.52. The van der Waals surface area contributed by atoms with Crippen molar-refractivity contribution in [3.05, 3.63) is 34.1 Å². The van der Waals surface area contributed by atoms with Crippen LogP contribution in [0.4, 0.5) is 10.5 Å². The van der Waals surface area contributed by atoms with Gasteiger partial charge in [-0.2, -0.15) is 20.3 Å². The molecule has 2 aromatic rings. The van der Waals surface area contributed by atoms with Gasteiger partial charge in [0, 0.05) is 5.92 Å². The number of hydrogen-bond donors (Lipinski definition) is 3. The topological polar surface area (TPSA) is 159 Å². The number of nitrogens with zero attached hydrogens (tertiary/aromatic N) is 4. The predicted molar refractivity (Wildman–Crippen MR) is 125 cm³/mol. The molecule has 180 valence electrons. The molecule has 0 bridgehead atoms. The van der Waals surface area contributed by atoms with Crippen molar-refractivity contribution in [2.45, 2.75) is 39.5 Å². The summed E-state index contributed by atoms with van der Waals surface area (Å²) in [7, 11) is 0. The van der Waals surface area contributed by atoms with Gasteiger partial charge in [0.25, 0.3) is 5.91 Å². The smallest absolute Gasteiger partial charge is 0.414 e. The van der Waals surface area contributed by atoms with E-state index in [9.17, 15) is 14.7 Å². The van der Waals surface area contributed by atoms with Crippen molar-refractivity contribution in [1.82, 2.24) is 15.3 Å². The van der Waals surface area contributed by atoms with Crippen molar-refractivity contribution < 1.29 is 24.2 Å². The fraction of sp³-hybridized carbons (Fsp3) is 0.333. The minimum absolute atomic E-state index is 0.0242. The van der Waals surface area contributed by atoms with Gasteiger partial charge in [-0.25, -0.2) is 4.79 Å². The minimum atomic E-state index is -1.05. The summed E-state index contributed by atoms with van der Waals surface area (Å²) >= 11 is 12.6. The molecule has 2 rings (SSSR count). The molecule has 0 spiro atoms. The van der Waals surface area contributed by atoms with E-state index in [0.717, 1.165) is 12.8 Å². The summed E-state index contributed by atoms with van der Waals surface area (Å²) in [5.74, 6) is -1.00. The van der Waals surface area contributed by atoms with Crippen LogP contribution in [0.15, 0.2) is 23.4 Å². The SMILES string of the molecule is CCOC(=O)NC(=O)/C(C#N)=N/Nc1cc(Cl)c(Oc2ncc(O)c(C(CC)CC)n2)c(Cl)c1. The molecule has 0 unspecified atom stereocenters. The molecule has 11 nitrogen and oxygen atoms in total. The van der Waals surface area contributed by atoms with Gasteiger partial charge in [-0.05, 0) is 31.9 Å². The summed E-state index contributed by atoms with van der Waals surface area (Å²) in [6, 6.07) is 4.27. The Balaban J connectivity index is 2.21. The van der Waals surface area contributed by atoms with E-state index < -0.39 is 17.7 Å². The number of aromatic nitrogens is 2. The molecule has 3 N–H and O–H groups in total. The van der Waals surface area contributed by atoms with Gasteiger partial charge in [-0.1, -0.05) is 37.0 Å². The summed E-state index contributed by atoms with van der Waals surface area (Å²) < 4.78 is 10.2. The van der Waals surface area contributed by atoms with Crippen LogP contribution in [0.5, 0.6) is 17.5 Å². The number of carbonyl (C=O) groups excluding carboxylic acids is 2. The highest BCUT2D eigenvalue weighted by molar-refractivity contribution is 6.47. The van der Waals surface area contributed by atoms with Gasteiger partial charge in [0.2, 0.25) is 5.71 Å². The van der Waals surface area contributed by atoms with Crippen LogP contribution in [-0.2, 0) is 9.53 Å². The highest BCUT2D eigenvalue weighted by atomic mass is 35.5. The van der Waals surface area contributed by atoms with E-state index in [2.05, 4.69) is 25.2 Å². The molecule has 0 saturated carbocycles. The minimum Gasteiger partial charge on any atom is -0.504 e. The predicted octanol–water partition coefficient (Wildman–Crippen LogP) is 4.75. The van der Waals surface area contributed by atoms with Crippen molar-refractivity contribution in [2.75, 3.05) is 12.0 Å². The Kier molecular flexibility index (Phi) is 9.85. The van der Waals surface area contributed by atoms with E-state index in [0.29, 0.717) is 5.69 Å². The first-order valence-electron chi connectivity index (χ1n) is 10.2. The van der Waals surface area contributed by atoms with Crippen molar-refractivity contribution in [1.29, 1.82) is 5.26 Å². The number of rotatable bonds is 9. The van der Waals surface area contributed by atoms with Crippen LogP contribution in [0.25, 0.3) is 0 Å². The number of amides is 2. The first-order chi connectivity index (χ1) is 16.2. The number of alkyl carbamates (subject to hydrolysis) is 1. The summed E-state index contributed by atoms with van der Waals surface area (Å²) in [6.45, 7) is 5.58. The highest BCUT2D eigenvalue weighted by Gasteiger charge is 2.19. The number of anilines is 1. The van der Waals surface area contributed by atoms with Crippen molar-refractivity contribution in [3.8, 4) is 23.6 Å². The second-order valence-electron chi connectivity index (χ2n) is 6.67. The van der Waals surface area contributed by atoms with E-state index in [1.165, 1.54) is 18.3 Å². The van der Waals surface area contributed by atoms with Crippen LogP contribution in [0.1, 0.15) is 45.2 Å². The molecule has 1 aromatic heterocycles. The fourth-order valence-electron chi connectivity index (χ4n) is 2.78. The quantitative estimate of drug-likeness (QED) is 0.320. The Morgan fingerprint density at radius 1 is 1.24 bits per heavy atom. The Labute approximate surface area is 205 Å². The normalized spacial score (nSPS) is 11.0. The van der Waals surface area contributed by atoms with Gasteiger partial charge in [0.05, 0.1) is 34.2 Å². The molecule has 0 radical (unpaired) electrons. The van der Waals surface area contributed by atoms with Crippen LogP contribution in [-0.4, -0.2) is 39.4 Å². The number of hydrogen-bond acceptors (Lipinski definition) is 10. The molecule has 0 fully saturated rings. The second kappa shape index (κ2) is 12.6. The van der Waals surface area contributed by atoms with Crippen LogP contribution >= 0.6 is 23.2 Å². The molecular weight excluding hydrogens is 487 g/mol. The maximum absolute atomic E-state index is 11.9. The highest BCUT2D eigenvalue weighted by Crippen LogP contribution is 2.39. The number of nitriles is 1.